The summed E-state index contributed by atoms with van der Waals surface area (Å²) in [5, 5.41) is 0. The third-order valence-electron chi connectivity index (χ3n) is 4.39. The summed E-state index contributed by atoms with van der Waals surface area (Å²) in [5.41, 5.74) is 0.995. The fourth-order valence-corrected chi connectivity index (χ4v) is 3.15. The molecule has 104 valence electrons. The summed E-state index contributed by atoms with van der Waals surface area (Å²) >= 11 is 0. The van der Waals surface area contributed by atoms with Crippen LogP contribution in [0.2, 0.25) is 0 Å². The van der Waals surface area contributed by atoms with Gasteiger partial charge < -0.3 is 0 Å². The Morgan fingerprint density at radius 1 is 1.21 bits per heavy atom. The highest BCUT2D eigenvalue weighted by Crippen LogP contribution is 2.35. The molecule has 3 heteroatoms. The van der Waals surface area contributed by atoms with Crippen LogP contribution in [0.15, 0.2) is 18.2 Å². The van der Waals surface area contributed by atoms with Gasteiger partial charge in [-0.3, -0.25) is 9.69 Å². The van der Waals surface area contributed by atoms with Gasteiger partial charge in [0.15, 0.2) is 5.78 Å². The van der Waals surface area contributed by atoms with Crippen LogP contribution in [0, 0.1) is 12.7 Å². The predicted molar refractivity (Wildman–Crippen MR) is 75.0 cm³/mol. The van der Waals surface area contributed by atoms with E-state index in [0.29, 0.717) is 5.56 Å². The quantitative estimate of drug-likeness (QED) is 0.777. The highest BCUT2D eigenvalue weighted by Gasteiger charge is 2.42. The van der Waals surface area contributed by atoms with Crippen LogP contribution in [-0.2, 0) is 0 Å². The summed E-state index contributed by atoms with van der Waals surface area (Å²) in [6.07, 6.45) is 5.17. The summed E-state index contributed by atoms with van der Waals surface area (Å²) < 4.78 is 13.2. The zero-order valence-corrected chi connectivity index (χ0v) is 12.0. The molecule has 0 aromatic heterocycles. The molecule has 1 saturated carbocycles. The molecule has 0 heterocycles. The molecule has 0 unspecified atom stereocenters. The van der Waals surface area contributed by atoms with Crippen LogP contribution in [0.3, 0.4) is 0 Å². The average Bonchev–Trinajstić information content (AvgIpc) is 2.38. The number of aryl methyl sites for hydroxylation is 1. The molecular weight excluding hydrogens is 241 g/mol. The second-order valence-corrected chi connectivity index (χ2v) is 5.78. The molecule has 2 rings (SSSR count). The van der Waals surface area contributed by atoms with Crippen LogP contribution >= 0.6 is 0 Å². The predicted octanol–water partition coefficient (Wildman–Crippen LogP) is 3.58. The molecule has 2 nitrogen and oxygen atoms in total. The molecule has 1 aromatic rings. The molecular formula is C16H22FNO. The summed E-state index contributed by atoms with van der Waals surface area (Å²) in [5.74, 6) is -0.133. The van der Waals surface area contributed by atoms with E-state index in [9.17, 15) is 9.18 Å². The largest absolute Gasteiger partial charge is 0.297 e. The van der Waals surface area contributed by atoms with Gasteiger partial charge in [-0.25, -0.2) is 4.39 Å². The van der Waals surface area contributed by atoms with Crippen molar-refractivity contribution in [2.75, 3.05) is 14.1 Å². The van der Waals surface area contributed by atoms with E-state index in [2.05, 4.69) is 4.90 Å². The van der Waals surface area contributed by atoms with E-state index in [1.807, 2.05) is 21.0 Å². The van der Waals surface area contributed by atoms with Crippen LogP contribution in [-0.4, -0.2) is 30.3 Å². The maximum Gasteiger partial charge on any atom is 0.183 e. The summed E-state index contributed by atoms with van der Waals surface area (Å²) in [6, 6.07) is 4.46. The molecule has 0 aliphatic heterocycles. The third-order valence-corrected chi connectivity index (χ3v) is 4.39. The van der Waals surface area contributed by atoms with Crippen LogP contribution in [0.25, 0.3) is 0 Å². The number of hydrogen-bond donors (Lipinski definition) is 0. The molecule has 1 fully saturated rings. The van der Waals surface area contributed by atoms with E-state index in [4.69, 9.17) is 0 Å². The lowest BCUT2D eigenvalue weighted by atomic mass is 9.75. The standard InChI is InChI=1S/C16H22FNO/c1-12-11-13(17)7-8-14(12)15(19)16(18(2)3)9-5-4-6-10-16/h7-8,11H,4-6,9-10H2,1-3H3. The zero-order valence-electron chi connectivity index (χ0n) is 12.0. The maximum absolute atomic E-state index is 13.2. The Kier molecular flexibility index (Phi) is 4.04. The molecule has 0 amide bonds. The van der Waals surface area contributed by atoms with Gasteiger partial charge in [0.05, 0.1) is 5.54 Å². The fraction of sp³-hybridized carbons (Fsp3) is 0.562. The number of carbonyl (C=O) groups is 1. The van der Waals surface area contributed by atoms with Crippen molar-refractivity contribution in [2.24, 2.45) is 0 Å². The third kappa shape index (κ3) is 2.57. The molecule has 1 aliphatic carbocycles. The second kappa shape index (κ2) is 5.41. The van der Waals surface area contributed by atoms with Crippen molar-refractivity contribution in [1.29, 1.82) is 0 Å². The number of rotatable bonds is 3. The molecule has 0 saturated heterocycles. The highest BCUT2D eigenvalue weighted by atomic mass is 19.1. The van der Waals surface area contributed by atoms with Gasteiger partial charge in [-0.05, 0) is 57.6 Å². The highest BCUT2D eigenvalue weighted by molar-refractivity contribution is 6.04. The number of likely N-dealkylation sites (N-methyl/N-ethyl adjacent to an activating group) is 1. The second-order valence-electron chi connectivity index (χ2n) is 5.78. The molecule has 1 aromatic carbocycles. The van der Waals surface area contributed by atoms with Crippen molar-refractivity contribution >= 4 is 5.78 Å². The van der Waals surface area contributed by atoms with Crippen molar-refractivity contribution in [3.05, 3.63) is 35.1 Å². The number of benzene rings is 1. The van der Waals surface area contributed by atoms with E-state index in [-0.39, 0.29) is 11.6 Å². The van der Waals surface area contributed by atoms with E-state index < -0.39 is 5.54 Å². The van der Waals surface area contributed by atoms with Gasteiger partial charge in [-0.15, -0.1) is 0 Å². The summed E-state index contributed by atoms with van der Waals surface area (Å²) in [4.78, 5) is 15.0. The molecule has 0 atom stereocenters. The first kappa shape index (κ1) is 14.2. The minimum atomic E-state index is -0.402. The van der Waals surface area contributed by atoms with Gasteiger partial charge in [0.2, 0.25) is 0 Å². The van der Waals surface area contributed by atoms with Gasteiger partial charge >= 0.3 is 0 Å². The van der Waals surface area contributed by atoms with Crippen LogP contribution < -0.4 is 0 Å². The number of nitrogens with zero attached hydrogens (tertiary/aromatic N) is 1. The molecule has 0 bridgehead atoms. The smallest absolute Gasteiger partial charge is 0.183 e. The van der Waals surface area contributed by atoms with E-state index in [1.54, 1.807) is 6.07 Å². The Bertz CT molecular complexity index is 476. The molecule has 1 aliphatic rings. The first-order valence-corrected chi connectivity index (χ1v) is 6.96. The summed E-state index contributed by atoms with van der Waals surface area (Å²) in [7, 11) is 3.95. The van der Waals surface area contributed by atoms with Crippen molar-refractivity contribution in [3.63, 3.8) is 0 Å². The van der Waals surface area contributed by atoms with Crippen LogP contribution in [0.5, 0.6) is 0 Å². The Balaban J connectivity index is 2.39. The van der Waals surface area contributed by atoms with Gasteiger partial charge in [0.25, 0.3) is 0 Å². The Morgan fingerprint density at radius 3 is 2.37 bits per heavy atom. The maximum atomic E-state index is 13.2. The van der Waals surface area contributed by atoms with Crippen LogP contribution in [0.4, 0.5) is 4.39 Å². The number of carbonyl (C=O) groups excluding carboxylic acids is 1. The number of halogens is 1. The lowest BCUT2D eigenvalue weighted by molar-refractivity contribution is 0.0563. The Labute approximate surface area is 114 Å². The molecule has 19 heavy (non-hydrogen) atoms. The van der Waals surface area contributed by atoms with E-state index in [1.165, 1.54) is 18.6 Å². The average molecular weight is 263 g/mol. The molecule has 0 spiro atoms. The normalized spacial score (nSPS) is 18.6. The fourth-order valence-electron chi connectivity index (χ4n) is 3.15. The van der Waals surface area contributed by atoms with Crippen molar-refractivity contribution in [2.45, 2.75) is 44.6 Å². The number of ketones is 1. The molecule has 0 N–H and O–H groups in total. The first-order valence-electron chi connectivity index (χ1n) is 6.96. The topological polar surface area (TPSA) is 20.3 Å². The number of Topliss-reactive ketones (excluding diaryl/α,β-unsaturated/α-hetero) is 1. The SMILES string of the molecule is Cc1cc(F)ccc1C(=O)C1(N(C)C)CCCCC1. The summed E-state index contributed by atoms with van der Waals surface area (Å²) in [6.45, 7) is 1.81. The Hall–Kier alpha value is -1.22. The first-order chi connectivity index (χ1) is 8.97. The van der Waals surface area contributed by atoms with Gasteiger partial charge in [0, 0.05) is 5.56 Å². The van der Waals surface area contributed by atoms with Crippen molar-refractivity contribution in [3.8, 4) is 0 Å². The van der Waals surface area contributed by atoms with E-state index >= 15 is 0 Å². The monoisotopic (exact) mass is 263 g/mol. The minimum Gasteiger partial charge on any atom is -0.297 e. The van der Waals surface area contributed by atoms with E-state index in [0.717, 1.165) is 31.2 Å². The zero-order chi connectivity index (χ0) is 14.0. The van der Waals surface area contributed by atoms with Crippen molar-refractivity contribution in [1.82, 2.24) is 4.90 Å². The van der Waals surface area contributed by atoms with Gasteiger partial charge in [0.1, 0.15) is 5.82 Å². The van der Waals surface area contributed by atoms with Gasteiger partial charge in [-0.1, -0.05) is 19.3 Å². The Morgan fingerprint density at radius 2 is 1.84 bits per heavy atom. The minimum absolute atomic E-state index is 0.148. The van der Waals surface area contributed by atoms with Gasteiger partial charge in [-0.2, -0.15) is 0 Å². The van der Waals surface area contributed by atoms with Crippen LogP contribution in [0.1, 0.15) is 48.0 Å². The number of hydrogen-bond acceptors (Lipinski definition) is 2. The lowest BCUT2D eigenvalue weighted by Gasteiger charge is -2.41. The molecule has 0 radical (unpaired) electrons. The lowest BCUT2D eigenvalue weighted by Crippen LogP contribution is -2.52. The van der Waals surface area contributed by atoms with Crippen molar-refractivity contribution < 1.29 is 9.18 Å².